The number of nitrogens with one attached hydrogen (secondary N) is 1. The summed E-state index contributed by atoms with van der Waals surface area (Å²) in [5.74, 6) is 0.928. The van der Waals surface area contributed by atoms with Crippen LogP contribution >= 0.6 is 27.5 Å². The summed E-state index contributed by atoms with van der Waals surface area (Å²) in [6.07, 6.45) is 5.48. The predicted octanol–water partition coefficient (Wildman–Crippen LogP) is 5.09. The highest BCUT2D eigenvalue weighted by molar-refractivity contribution is 9.10. The van der Waals surface area contributed by atoms with Crippen LogP contribution in [0.15, 0.2) is 22.7 Å². The van der Waals surface area contributed by atoms with E-state index in [0.717, 1.165) is 21.1 Å². The summed E-state index contributed by atoms with van der Waals surface area (Å²) in [4.78, 5) is 0. The van der Waals surface area contributed by atoms with Crippen molar-refractivity contribution in [3.8, 4) is 0 Å². The SMILES string of the molecule is CC(CC1CCC1)Nc1ccc(Br)cc1Cl. The van der Waals surface area contributed by atoms with Crippen LogP contribution in [-0.4, -0.2) is 6.04 Å². The molecule has 3 heteroatoms. The lowest BCUT2D eigenvalue weighted by molar-refractivity contribution is 0.286. The van der Waals surface area contributed by atoms with Gasteiger partial charge in [0.2, 0.25) is 0 Å². The summed E-state index contributed by atoms with van der Waals surface area (Å²) in [6, 6.07) is 6.48. The second kappa shape index (κ2) is 5.42. The molecular weight excluding hydrogens is 286 g/mol. The fourth-order valence-corrected chi connectivity index (χ4v) is 2.89. The molecule has 1 aromatic rings. The molecule has 1 N–H and O–H groups in total. The minimum absolute atomic E-state index is 0.504. The number of benzene rings is 1. The highest BCUT2D eigenvalue weighted by Gasteiger charge is 2.20. The quantitative estimate of drug-likeness (QED) is 0.816. The van der Waals surface area contributed by atoms with E-state index in [0.29, 0.717) is 6.04 Å². The highest BCUT2D eigenvalue weighted by Crippen LogP contribution is 2.32. The lowest BCUT2D eigenvalue weighted by Gasteiger charge is -2.29. The van der Waals surface area contributed by atoms with Gasteiger partial charge >= 0.3 is 0 Å². The maximum atomic E-state index is 6.17. The fraction of sp³-hybridized carbons (Fsp3) is 0.538. The third kappa shape index (κ3) is 3.14. The van der Waals surface area contributed by atoms with E-state index in [2.05, 4.69) is 28.2 Å². The zero-order valence-electron chi connectivity index (χ0n) is 9.47. The second-order valence-corrected chi connectivity index (χ2v) is 6.03. The van der Waals surface area contributed by atoms with Crippen LogP contribution in [0.2, 0.25) is 5.02 Å². The number of hydrogen-bond acceptors (Lipinski definition) is 1. The first kappa shape index (κ1) is 12.3. The van der Waals surface area contributed by atoms with Gasteiger partial charge in [0, 0.05) is 10.5 Å². The van der Waals surface area contributed by atoms with Crippen molar-refractivity contribution < 1.29 is 0 Å². The summed E-state index contributed by atoms with van der Waals surface area (Å²) in [5, 5.41) is 4.27. The Bertz CT molecular complexity index is 363. The fourth-order valence-electron chi connectivity index (χ4n) is 2.16. The first-order valence-corrected chi connectivity index (χ1v) is 7.04. The molecule has 0 aromatic heterocycles. The Labute approximate surface area is 111 Å². The summed E-state index contributed by atoms with van der Waals surface area (Å²) in [7, 11) is 0. The number of anilines is 1. The average Bonchev–Trinajstić information content (AvgIpc) is 2.16. The zero-order chi connectivity index (χ0) is 11.5. The molecule has 2 rings (SSSR count). The van der Waals surface area contributed by atoms with Crippen LogP contribution in [0.5, 0.6) is 0 Å². The molecule has 0 amide bonds. The van der Waals surface area contributed by atoms with Gasteiger partial charge in [-0.2, -0.15) is 0 Å². The second-order valence-electron chi connectivity index (χ2n) is 4.70. The van der Waals surface area contributed by atoms with E-state index >= 15 is 0 Å². The van der Waals surface area contributed by atoms with Crippen LogP contribution in [0.1, 0.15) is 32.6 Å². The molecule has 1 aliphatic rings. The van der Waals surface area contributed by atoms with Crippen LogP contribution in [0.25, 0.3) is 0 Å². The summed E-state index contributed by atoms with van der Waals surface area (Å²) in [6.45, 7) is 2.23. The Balaban J connectivity index is 1.91. The van der Waals surface area contributed by atoms with E-state index in [-0.39, 0.29) is 0 Å². The maximum absolute atomic E-state index is 6.17. The Morgan fingerprint density at radius 3 is 2.81 bits per heavy atom. The Morgan fingerprint density at radius 1 is 1.50 bits per heavy atom. The monoisotopic (exact) mass is 301 g/mol. The van der Waals surface area contributed by atoms with E-state index in [1.54, 1.807) is 0 Å². The zero-order valence-corrected chi connectivity index (χ0v) is 11.8. The molecule has 1 atom stereocenters. The van der Waals surface area contributed by atoms with Crippen LogP contribution in [0.3, 0.4) is 0 Å². The van der Waals surface area contributed by atoms with Crippen LogP contribution in [0.4, 0.5) is 5.69 Å². The molecule has 1 aromatic carbocycles. The number of hydrogen-bond donors (Lipinski definition) is 1. The highest BCUT2D eigenvalue weighted by atomic mass is 79.9. The van der Waals surface area contributed by atoms with Crippen molar-refractivity contribution in [2.75, 3.05) is 5.32 Å². The van der Waals surface area contributed by atoms with E-state index < -0.39 is 0 Å². The molecule has 0 spiro atoms. The Kier molecular flexibility index (Phi) is 4.15. The molecule has 0 heterocycles. The van der Waals surface area contributed by atoms with Gasteiger partial charge in [0.1, 0.15) is 0 Å². The van der Waals surface area contributed by atoms with Crippen molar-refractivity contribution in [3.05, 3.63) is 27.7 Å². The molecular formula is C13H17BrClN. The first-order chi connectivity index (χ1) is 7.65. The van der Waals surface area contributed by atoms with E-state index in [4.69, 9.17) is 11.6 Å². The molecule has 88 valence electrons. The van der Waals surface area contributed by atoms with E-state index in [1.807, 2.05) is 18.2 Å². The van der Waals surface area contributed by atoms with Gasteiger partial charge in [0.15, 0.2) is 0 Å². The lowest BCUT2D eigenvalue weighted by Crippen LogP contribution is -2.23. The van der Waals surface area contributed by atoms with Gasteiger partial charge in [0.05, 0.1) is 10.7 Å². The van der Waals surface area contributed by atoms with Gasteiger partial charge in [-0.05, 0) is 37.5 Å². The van der Waals surface area contributed by atoms with Crippen LogP contribution < -0.4 is 5.32 Å². The molecule has 0 radical (unpaired) electrons. The standard InChI is InChI=1S/C13H17BrClN/c1-9(7-10-3-2-4-10)16-13-6-5-11(14)8-12(13)15/h5-6,8-10,16H,2-4,7H2,1H3. The largest absolute Gasteiger partial charge is 0.381 e. The van der Waals surface area contributed by atoms with Crippen molar-refractivity contribution in [2.45, 2.75) is 38.6 Å². The number of rotatable bonds is 4. The minimum atomic E-state index is 0.504. The van der Waals surface area contributed by atoms with Crippen molar-refractivity contribution in [2.24, 2.45) is 5.92 Å². The molecule has 16 heavy (non-hydrogen) atoms. The normalized spacial score (nSPS) is 17.9. The first-order valence-electron chi connectivity index (χ1n) is 5.87. The number of halogens is 2. The van der Waals surface area contributed by atoms with Gasteiger partial charge in [-0.15, -0.1) is 0 Å². The third-order valence-corrected chi connectivity index (χ3v) is 4.05. The molecule has 1 aliphatic carbocycles. The Hall–Kier alpha value is -0.210. The van der Waals surface area contributed by atoms with Gasteiger partial charge < -0.3 is 5.32 Å². The minimum Gasteiger partial charge on any atom is -0.381 e. The summed E-state index contributed by atoms with van der Waals surface area (Å²) >= 11 is 9.58. The molecule has 1 unspecified atom stereocenters. The average molecular weight is 303 g/mol. The molecule has 1 saturated carbocycles. The van der Waals surface area contributed by atoms with Crippen LogP contribution in [-0.2, 0) is 0 Å². The van der Waals surface area contributed by atoms with Crippen molar-refractivity contribution in [1.82, 2.24) is 0 Å². The van der Waals surface area contributed by atoms with E-state index in [1.165, 1.54) is 25.7 Å². The molecule has 0 saturated heterocycles. The van der Waals surface area contributed by atoms with Crippen molar-refractivity contribution in [1.29, 1.82) is 0 Å². The van der Waals surface area contributed by atoms with Crippen molar-refractivity contribution >= 4 is 33.2 Å². The third-order valence-electron chi connectivity index (χ3n) is 3.24. The summed E-state index contributed by atoms with van der Waals surface area (Å²) < 4.78 is 1.02. The summed E-state index contributed by atoms with van der Waals surface area (Å²) in [5.41, 5.74) is 1.04. The predicted molar refractivity (Wildman–Crippen MR) is 74.2 cm³/mol. The molecule has 0 aliphatic heterocycles. The molecule has 1 nitrogen and oxygen atoms in total. The Morgan fingerprint density at radius 2 is 2.25 bits per heavy atom. The topological polar surface area (TPSA) is 12.0 Å². The lowest BCUT2D eigenvalue weighted by atomic mass is 9.81. The molecule has 1 fully saturated rings. The van der Waals surface area contributed by atoms with Crippen LogP contribution in [0, 0.1) is 5.92 Å². The van der Waals surface area contributed by atoms with Gasteiger partial charge in [0.25, 0.3) is 0 Å². The van der Waals surface area contributed by atoms with E-state index in [9.17, 15) is 0 Å². The van der Waals surface area contributed by atoms with Crippen molar-refractivity contribution in [3.63, 3.8) is 0 Å². The van der Waals surface area contributed by atoms with Gasteiger partial charge in [-0.1, -0.05) is 46.8 Å². The smallest absolute Gasteiger partial charge is 0.0648 e. The maximum Gasteiger partial charge on any atom is 0.0648 e. The molecule has 0 bridgehead atoms. The van der Waals surface area contributed by atoms with Gasteiger partial charge in [-0.25, -0.2) is 0 Å². The van der Waals surface area contributed by atoms with Gasteiger partial charge in [-0.3, -0.25) is 0 Å².